The zero-order valence-electron chi connectivity index (χ0n) is 37.9. The van der Waals surface area contributed by atoms with Crippen LogP contribution in [0.25, 0.3) is 10.9 Å². The topological polar surface area (TPSA) is 332 Å². The first-order valence-electron chi connectivity index (χ1n) is 22.2. The van der Waals surface area contributed by atoms with Gasteiger partial charge in [0.25, 0.3) is 0 Å². The Morgan fingerprint density at radius 3 is 1.96 bits per heavy atom. The molecule has 25 heteroatoms. The third kappa shape index (κ3) is 17.2. The molecule has 2 heterocycles. The predicted octanol–water partition coefficient (Wildman–Crippen LogP) is -1.44. The van der Waals surface area contributed by atoms with E-state index in [1.165, 1.54) is 47.9 Å². The first kappa shape index (κ1) is 53.9. The number of hydrogen-bond acceptors (Lipinski definition) is 13. The van der Waals surface area contributed by atoms with Gasteiger partial charge >= 0.3 is 5.97 Å². The van der Waals surface area contributed by atoms with Gasteiger partial charge in [0.1, 0.15) is 29.7 Å². The number of fused-ring (bicyclic) bond motifs is 3. The number of carboxylic acids is 1. The third-order valence-corrected chi connectivity index (χ3v) is 13.2. The van der Waals surface area contributed by atoms with E-state index in [4.69, 9.17) is 0 Å². The molecule has 1 saturated carbocycles. The molecule has 22 nitrogen and oxygen atoms in total. The maximum Gasteiger partial charge on any atom is 0.305 e. The number of H-pyrrole nitrogens is 1. The summed E-state index contributed by atoms with van der Waals surface area (Å²) in [5, 5.41) is 31.6. The molecule has 0 radical (unpaired) electrons. The Kier molecular flexibility index (Phi) is 20.5. The lowest BCUT2D eigenvalue weighted by molar-refractivity contribution is -0.141. The number of carbonyl (C=O) groups excluding carboxylic acids is 10. The number of hydrogen-bond donors (Lipinski definition) is 11. The van der Waals surface area contributed by atoms with Crippen molar-refractivity contribution in [2.75, 3.05) is 44.2 Å². The van der Waals surface area contributed by atoms with E-state index in [1.54, 1.807) is 0 Å². The fourth-order valence-corrected chi connectivity index (χ4v) is 9.38. The highest BCUT2D eigenvalue weighted by Crippen LogP contribution is 2.30. The molecule has 9 amide bonds. The number of nitrogens with one attached hydrogen (secondary N) is 10. The van der Waals surface area contributed by atoms with Gasteiger partial charge in [-0.05, 0) is 47.7 Å². The first-order valence-corrected chi connectivity index (χ1v) is 24.6. The number of aliphatic carboxylic acids is 1. The van der Waals surface area contributed by atoms with Gasteiger partial charge in [-0.15, -0.1) is 0 Å². The number of carboxylic acid groups (broad SMARTS) is 1. The minimum Gasteiger partial charge on any atom is -0.481 e. The van der Waals surface area contributed by atoms with Crippen LogP contribution in [0.3, 0.4) is 0 Å². The molecule has 0 unspecified atom stereocenters. The number of thioether (sulfide) groups is 2. The molecule has 3 atom stereocenters. The number of amides is 9. The number of aromatic nitrogens is 1. The smallest absolute Gasteiger partial charge is 0.305 e. The summed E-state index contributed by atoms with van der Waals surface area (Å²) in [4.78, 5) is 144. The van der Waals surface area contributed by atoms with Crippen LogP contribution < -0.4 is 47.9 Å². The van der Waals surface area contributed by atoms with Crippen LogP contribution in [0.5, 0.6) is 0 Å². The van der Waals surface area contributed by atoms with Gasteiger partial charge in [0.15, 0.2) is 0 Å². The number of benzene rings is 2. The molecular weight excluding hydrogens is 956 g/mol. The molecule has 2 aliphatic rings. The Morgan fingerprint density at radius 1 is 0.700 bits per heavy atom. The minimum atomic E-state index is -1.75. The number of rotatable bonds is 5. The predicted molar refractivity (Wildman–Crippen MR) is 254 cm³/mol. The lowest BCUT2D eigenvalue weighted by atomic mass is 9.95. The highest BCUT2D eigenvalue weighted by Gasteiger charge is 2.43. The molecule has 0 saturated heterocycles. The van der Waals surface area contributed by atoms with Gasteiger partial charge in [-0.2, -0.15) is 23.5 Å². The Bertz CT molecular complexity index is 2450. The second-order valence-electron chi connectivity index (χ2n) is 16.5. The van der Waals surface area contributed by atoms with E-state index < -0.39 is 128 Å². The normalized spacial score (nSPS) is 21.8. The lowest BCUT2D eigenvalue weighted by Crippen LogP contribution is -2.60. The fourth-order valence-electron chi connectivity index (χ4n) is 7.54. The summed E-state index contributed by atoms with van der Waals surface area (Å²) in [5.41, 5.74) is 1.53. The molecule has 2 aromatic carbocycles. The quantitative estimate of drug-likeness (QED) is 0.131. The summed E-state index contributed by atoms with van der Waals surface area (Å²) < 4.78 is 14.2. The molecule has 3 aromatic rings. The molecule has 1 spiro atoms. The van der Waals surface area contributed by atoms with E-state index in [2.05, 4.69) is 52.8 Å². The first-order chi connectivity index (χ1) is 33.5. The van der Waals surface area contributed by atoms with E-state index in [9.17, 15) is 62.2 Å². The standard InChI is InChI=1S/C45H55FN10O12S2/c46-29-6-7-32-31(14-29)28(16-47-32)13-33-42(66)52-20-39(62)55-34(15-41(64)65)43(67)51-18-37(60)50-21-40(63)56-45(9-1-2-10-45)44(68)53-30(22-57)25-70-24-27-5-3-4-26(12-27)23-69-11-8-35(58)48-17-36(59)49-19-38(61)54-33/h3-7,12,14,16,22,30,33-34,47H,1-2,8-11,13,15,17-21,23-25H2,(H,48,58)(H,49,59)(H,50,60)(H,51,67)(H,52,66)(H,53,68)(H,54,61)(H,55,62)(H,56,63)(H,64,65)/t30-,33+,34+/m1/s1. The van der Waals surface area contributed by atoms with E-state index in [-0.39, 0.29) is 31.4 Å². The van der Waals surface area contributed by atoms with Crippen LogP contribution in [0.4, 0.5) is 4.39 Å². The van der Waals surface area contributed by atoms with Gasteiger partial charge in [0.2, 0.25) is 53.2 Å². The van der Waals surface area contributed by atoms with Gasteiger partial charge in [0, 0.05) is 53.0 Å². The Hall–Kier alpha value is -7.02. The molecule has 11 N–H and O–H groups in total. The number of carbonyl (C=O) groups is 11. The van der Waals surface area contributed by atoms with Crippen LogP contribution in [0, 0.1) is 5.82 Å². The molecule has 1 aliphatic heterocycles. The van der Waals surface area contributed by atoms with Crippen LogP contribution in [0.15, 0.2) is 48.7 Å². The summed E-state index contributed by atoms with van der Waals surface area (Å²) in [6.45, 7) is -3.26. The van der Waals surface area contributed by atoms with Crippen LogP contribution in [-0.2, 0) is 70.7 Å². The van der Waals surface area contributed by atoms with Gasteiger partial charge in [0.05, 0.1) is 45.2 Å². The van der Waals surface area contributed by atoms with Crippen molar-refractivity contribution in [2.45, 2.75) is 80.1 Å². The lowest BCUT2D eigenvalue weighted by Gasteiger charge is -2.30. The number of aldehydes is 1. The van der Waals surface area contributed by atoms with Crippen molar-refractivity contribution in [1.82, 2.24) is 52.8 Å². The average molecular weight is 1010 g/mol. The van der Waals surface area contributed by atoms with Crippen molar-refractivity contribution >= 4 is 99.8 Å². The molecule has 1 aromatic heterocycles. The van der Waals surface area contributed by atoms with Gasteiger partial charge in [-0.1, -0.05) is 37.1 Å². The molecule has 5 rings (SSSR count). The SMILES string of the molecule is O=C[C@@H]1CSCc2cccc(c2)CSCCC(=O)NCC(=O)NCC(=O)N[C@@H](Cc2c[nH]c3ccc(F)cc23)C(=O)NCC(=O)N[C@@H](CC(=O)O)C(=O)NCC(=O)NCC(=O)NC2(CCCC2)C(=O)N1. The number of halogens is 1. The van der Waals surface area contributed by atoms with Crippen molar-refractivity contribution in [2.24, 2.45) is 0 Å². The van der Waals surface area contributed by atoms with Crippen molar-refractivity contribution in [3.63, 3.8) is 0 Å². The Morgan fingerprint density at radius 2 is 1.29 bits per heavy atom. The van der Waals surface area contributed by atoms with Crippen molar-refractivity contribution in [3.8, 4) is 0 Å². The Labute approximate surface area is 409 Å². The van der Waals surface area contributed by atoms with Crippen molar-refractivity contribution in [1.29, 1.82) is 0 Å². The Balaban J connectivity index is 1.26. The average Bonchev–Trinajstić information content (AvgIpc) is 3.98. The second-order valence-corrected chi connectivity index (χ2v) is 18.6. The molecule has 70 heavy (non-hydrogen) atoms. The van der Waals surface area contributed by atoms with Crippen molar-refractivity contribution < 1.29 is 62.2 Å². The van der Waals surface area contributed by atoms with Gasteiger partial charge < -0.3 is 62.7 Å². The number of aromatic amines is 1. The minimum absolute atomic E-state index is 0.0915. The van der Waals surface area contributed by atoms with Crippen LogP contribution in [0.1, 0.15) is 55.2 Å². The molecular formula is C45H55FN10O12S2. The van der Waals surface area contributed by atoms with E-state index in [0.717, 1.165) is 11.1 Å². The summed E-state index contributed by atoms with van der Waals surface area (Å²) in [6.07, 6.45) is 2.82. The second kappa shape index (κ2) is 26.7. The van der Waals surface area contributed by atoms with Gasteiger partial charge in [-0.25, -0.2) is 4.39 Å². The monoisotopic (exact) mass is 1010 g/mol. The zero-order chi connectivity index (χ0) is 50.6. The van der Waals surface area contributed by atoms with Crippen LogP contribution >= 0.6 is 23.5 Å². The molecule has 2 bridgehead atoms. The zero-order valence-corrected chi connectivity index (χ0v) is 39.5. The highest BCUT2D eigenvalue weighted by atomic mass is 32.2. The van der Waals surface area contributed by atoms with Gasteiger partial charge in [-0.3, -0.25) is 47.9 Å². The summed E-state index contributed by atoms with van der Waals surface area (Å²) in [6, 6.07) is 7.60. The van der Waals surface area contributed by atoms with E-state index in [1.807, 2.05) is 24.3 Å². The van der Waals surface area contributed by atoms with Crippen LogP contribution in [0.2, 0.25) is 0 Å². The maximum atomic E-state index is 14.2. The summed E-state index contributed by atoms with van der Waals surface area (Å²) in [7, 11) is 0. The highest BCUT2D eigenvalue weighted by molar-refractivity contribution is 7.98. The fraction of sp³-hybridized carbons (Fsp3) is 0.444. The largest absolute Gasteiger partial charge is 0.481 e. The third-order valence-electron chi connectivity index (χ3n) is 11.1. The van der Waals surface area contributed by atoms with E-state index >= 15 is 0 Å². The molecule has 1 fully saturated rings. The molecule has 1 aliphatic carbocycles. The van der Waals surface area contributed by atoms with Crippen LogP contribution in [-0.4, -0.2) is 143 Å². The van der Waals surface area contributed by atoms with E-state index in [0.29, 0.717) is 52.9 Å². The molecule has 376 valence electrons. The summed E-state index contributed by atoms with van der Waals surface area (Å²) in [5.74, 6) is -7.50. The maximum absolute atomic E-state index is 14.2. The van der Waals surface area contributed by atoms with Crippen molar-refractivity contribution in [3.05, 3.63) is 71.2 Å². The summed E-state index contributed by atoms with van der Waals surface area (Å²) >= 11 is 2.92.